The first-order chi connectivity index (χ1) is 12.0. The molecule has 0 radical (unpaired) electrons. The van der Waals surface area contributed by atoms with E-state index in [9.17, 15) is 22.8 Å². The maximum atomic E-state index is 12.1. The summed E-state index contributed by atoms with van der Waals surface area (Å²) in [6, 6.07) is 5.00. The Morgan fingerprint density at radius 1 is 1.19 bits per heavy atom. The highest BCUT2D eigenvalue weighted by Crippen LogP contribution is 2.13. The zero-order valence-corrected chi connectivity index (χ0v) is 15.9. The molecule has 0 unspecified atom stereocenters. The van der Waals surface area contributed by atoms with Gasteiger partial charge in [0, 0.05) is 20.1 Å². The molecule has 0 fully saturated rings. The molecular formula is C16H23N3O6S. The fraction of sp³-hybridized carbons (Fsp3) is 0.438. The van der Waals surface area contributed by atoms with Gasteiger partial charge in [-0.3, -0.25) is 9.59 Å². The molecule has 0 saturated carbocycles. The van der Waals surface area contributed by atoms with E-state index in [0.29, 0.717) is 0 Å². The first kappa shape index (κ1) is 21.6. The summed E-state index contributed by atoms with van der Waals surface area (Å²) < 4.78 is 31.5. The van der Waals surface area contributed by atoms with Gasteiger partial charge in [-0.05, 0) is 32.0 Å². The number of esters is 1. The van der Waals surface area contributed by atoms with Crippen LogP contribution in [0.2, 0.25) is 0 Å². The number of hydrogen-bond donors (Lipinski definition) is 2. The molecule has 2 N–H and O–H groups in total. The van der Waals surface area contributed by atoms with Crippen LogP contribution in [-0.4, -0.2) is 64.4 Å². The molecule has 9 nitrogen and oxygen atoms in total. The number of amides is 2. The van der Waals surface area contributed by atoms with E-state index in [1.807, 2.05) is 0 Å². The van der Waals surface area contributed by atoms with Gasteiger partial charge < -0.3 is 15.0 Å². The number of sulfonamides is 1. The maximum Gasteiger partial charge on any atom is 0.338 e. The molecule has 26 heavy (non-hydrogen) atoms. The maximum absolute atomic E-state index is 12.1. The zero-order chi connectivity index (χ0) is 19.9. The van der Waals surface area contributed by atoms with E-state index in [-0.39, 0.29) is 29.0 Å². The highest BCUT2D eigenvalue weighted by atomic mass is 32.2. The van der Waals surface area contributed by atoms with Crippen LogP contribution in [0, 0.1) is 0 Å². The van der Waals surface area contributed by atoms with Gasteiger partial charge in [0.05, 0.1) is 17.0 Å². The molecular weight excluding hydrogens is 362 g/mol. The van der Waals surface area contributed by atoms with Crippen LogP contribution in [-0.2, 0) is 24.3 Å². The normalized spacial score (nSPS) is 11.1. The van der Waals surface area contributed by atoms with E-state index < -0.39 is 28.5 Å². The predicted octanol–water partition coefficient (Wildman–Crippen LogP) is -0.265. The number of carbonyl (C=O) groups is 3. The number of rotatable bonds is 8. The number of nitrogens with zero attached hydrogens (tertiary/aromatic N) is 1. The number of likely N-dealkylation sites (N-methyl/N-ethyl adjacent to an activating group) is 1. The van der Waals surface area contributed by atoms with Crippen LogP contribution in [0.3, 0.4) is 0 Å². The molecule has 2 amide bonds. The fourth-order valence-corrected chi connectivity index (χ4v) is 3.06. The van der Waals surface area contributed by atoms with Gasteiger partial charge in [-0.1, -0.05) is 6.07 Å². The molecule has 0 aliphatic carbocycles. The Balaban J connectivity index is 2.67. The van der Waals surface area contributed by atoms with Gasteiger partial charge in [0.2, 0.25) is 15.9 Å². The average molecular weight is 385 g/mol. The quantitative estimate of drug-likeness (QED) is 0.594. The third kappa shape index (κ3) is 6.81. The van der Waals surface area contributed by atoms with Crippen molar-refractivity contribution in [3.8, 4) is 0 Å². The Morgan fingerprint density at radius 2 is 1.85 bits per heavy atom. The van der Waals surface area contributed by atoms with Crippen LogP contribution in [0.15, 0.2) is 29.2 Å². The van der Waals surface area contributed by atoms with Gasteiger partial charge in [-0.25, -0.2) is 17.9 Å². The van der Waals surface area contributed by atoms with Crippen molar-refractivity contribution in [1.29, 1.82) is 0 Å². The average Bonchev–Trinajstić information content (AvgIpc) is 2.56. The lowest BCUT2D eigenvalue weighted by Crippen LogP contribution is -2.38. The molecule has 0 atom stereocenters. The van der Waals surface area contributed by atoms with E-state index in [1.165, 1.54) is 29.2 Å². The highest BCUT2D eigenvalue weighted by molar-refractivity contribution is 7.89. The molecule has 10 heteroatoms. The first-order valence-corrected chi connectivity index (χ1v) is 9.27. The van der Waals surface area contributed by atoms with E-state index in [1.54, 1.807) is 27.9 Å². The molecule has 0 aromatic heterocycles. The fourth-order valence-electron chi connectivity index (χ4n) is 1.77. The molecule has 0 spiro atoms. The summed E-state index contributed by atoms with van der Waals surface area (Å²) >= 11 is 0. The van der Waals surface area contributed by atoms with Crippen molar-refractivity contribution in [1.82, 2.24) is 14.9 Å². The lowest BCUT2D eigenvalue weighted by atomic mass is 10.2. The van der Waals surface area contributed by atoms with Crippen molar-refractivity contribution in [3.05, 3.63) is 29.8 Å². The summed E-state index contributed by atoms with van der Waals surface area (Å²) in [5, 5.41) is 2.31. The van der Waals surface area contributed by atoms with Crippen LogP contribution >= 0.6 is 0 Å². The summed E-state index contributed by atoms with van der Waals surface area (Å²) in [4.78, 5) is 36.2. The van der Waals surface area contributed by atoms with Gasteiger partial charge in [0.15, 0.2) is 6.61 Å². The minimum Gasteiger partial charge on any atom is -0.452 e. The Kier molecular flexibility index (Phi) is 7.72. The number of hydrogen-bond acceptors (Lipinski definition) is 6. The van der Waals surface area contributed by atoms with E-state index in [0.717, 1.165) is 0 Å². The van der Waals surface area contributed by atoms with Crippen LogP contribution in [0.1, 0.15) is 24.2 Å². The second-order valence-corrected chi connectivity index (χ2v) is 7.66. The predicted molar refractivity (Wildman–Crippen MR) is 93.9 cm³/mol. The van der Waals surface area contributed by atoms with Gasteiger partial charge >= 0.3 is 5.97 Å². The molecule has 0 saturated heterocycles. The molecule has 0 bridgehead atoms. The zero-order valence-electron chi connectivity index (χ0n) is 15.1. The number of nitrogens with one attached hydrogen (secondary N) is 2. The SMILES string of the molecule is CC(C)NS(=O)(=O)c1cccc(C(=O)OCC(=O)NCC(=O)N(C)C)c1. The van der Waals surface area contributed by atoms with Gasteiger partial charge in [-0.15, -0.1) is 0 Å². The summed E-state index contributed by atoms with van der Waals surface area (Å²) in [6.07, 6.45) is 0. The third-order valence-corrected chi connectivity index (χ3v) is 4.70. The van der Waals surface area contributed by atoms with Crippen molar-refractivity contribution >= 4 is 27.8 Å². The van der Waals surface area contributed by atoms with Crippen molar-refractivity contribution in [2.24, 2.45) is 0 Å². The third-order valence-electron chi connectivity index (χ3n) is 3.04. The largest absolute Gasteiger partial charge is 0.452 e. The van der Waals surface area contributed by atoms with Gasteiger partial charge in [0.1, 0.15) is 0 Å². The molecule has 0 aliphatic rings. The topological polar surface area (TPSA) is 122 Å². The summed E-state index contributed by atoms with van der Waals surface area (Å²) in [6.45, 7) is 2.56. The van der Waals surface area contributed by atoms with E-state index >= 15 is 0 Å². The van der Waals surface area contributed by atoms with Crippen molar-refractivity contribution in [2.45, 2.75) is 24.8 Å². The lowest BCUT2D eigenvalue weighted by molar-refractivity contribution is -0.131. The summed E-state index contributed by atoms with van der Waals surface area (Å²) in [5.74, 6) is -1.79. The highest BCUT2D eigenvalue weighted by Gasteiger charge is 2.18. The Bertz CT molecular complexity index is 774. The van der Waals surface area contributed by atoms with Crippen LogP contribution in [0.4, 0.5) is 0 Å². The minimum atomic E-state index is -3.75. The van der Waals surface area contributed by atoms with Crippen LogP contribution < -0.4 is 10.0 Å². The van der Waals surface area contributed by atoms with Crippen molar-refractivity contribution < 1.29 is 27.5 Å². The van der Waals surface area contributed by atoms with Gasteiger partial charge in [0.25, 0.3) is 5.91 Å². The smallest absolute Gasteiger partial charge is 0.338 e. The molecule has 1 aromatic rings. The standard InChI is InChI=1S/C16H23N3O6S/c1-11(2)18-26(23,24)13-7-5-6-12(8-13)16(22)25-10-14(20)17-9-15(21)19(3)4/h5-8,11,18H,9-10H2,1-4H3,(H,17,20). The minimum absolute atomic E-state index is 0.00574. The lowest BCUT2D eigenvalue weighted by Gasteiger charge is -2.12. The molecule has 0 aliphatic heterocycles. The second kappa shape index (κ2) is 9.30. The second-order valence-electron chi connectivity index (χ2n) is 5.94. The molecule has 144 valence electrons. The Hall–Kier alpha value is -2.46. The Labute approximate surface area is 152 Å². The summed E-state index contributed by atoms with van der Waals surface area (Å²) in [5.41, 5.74) is -0.00574. The van der Waals surface area contributed by atoms with Crippen molar-refractivity contribution in [3.63, 3.8) is 0 Å². The monoisotopic (exact) mass is 385 g/mol. The Morgan fingerprint density at radius 3 is 2.42 bits per heavy atom. The number of benzene rings is 1. The number of ether oxygens (including phenoxy) is 1. The molecule has 1 aromatic carbocycles. The summed E-state index contributed by atoms with van der Waals surface area (Å²) in [7, 11) is -0.662. The molecule has 0 heterocycles. The van der Waals surface area contributed by atoms with E-state index in [4.69, 9.17) is 4.74 Å². The van der Waals surface area contributed by atoms with Crippen LogP contribution in [0.5, 0.6) is 0 Å². The van der Waals surface area contributed by atoms with Crippen LogP contribution in [0.25, 0.3) is 0 Å². The van der Waals surface area contributed by atoms with Crippen molar-refractivity contribution in [2.75, 3.05) is 27.2 Å². The number of carbonyl (C=O) groups excluding carboxylic acids is 3. The first-order valence-electron chi connectivity index (χ1n) is 7.79. The van der Waals surface area contributed by atoms with E-state index in [2.05, 4.69) is 10.0 Å². The van der Waals surface area contributed by atoms with Gasteiger partial charge in [-0.2, -0.15) is 0 Å². The molecule has 1 rings (SSSR count).